The number of ether oxygens (including phenoxy) is 1. The molecule has 10 heavy (non-hydrogen) atoms. The molecule has 0 aromatic rings. The SMILES string of the molecule is C1=CCCC1.COC(C)=O. The van der Waals surface area contributed by atoms with Crippen LogP contribution >= 0.6 is 0 Å². The maximum absolute atomic E-state index is 9.59. The molecule has 1 aliphatic rings. The number of hydrogen-bond acceptors (Lipinski definition) is 2. The van der Waals surface area contributed by atoms with Gasteiger partial charge in [-0.25, -0.2) is 0 Å². The lowest BCUT2D eigenvalue weighted by molar-refractivity contribution is -0.137. The topological polar surface area (TPSA) is 26.3 Å². The molecule has 0 heterocycles. The Hall–Kier alpha value is -0.790. The lowest BCUT2D eigenvalue weighted by atomic mass is 10.4. The molecule has 0 fully saturated rings. The molecular weight excluding hydrogens is 128 g/mol. The first-order valence-corrected chi connectivity index (χ1v) is 3.47. The average molecular weight is 142 g/mol. The standard InChI is InChI=1S/C5H8.C3H6O2/c1-2-4-5-3-1;1-3(4)5-2/h1-2H,3-5H2;1-2H3. The van der Waals surface area contributed by atoms with Crippen LogP contribution in [0.2, 0.25) is 0 Å². The molecule has 1 rings (SSSR count). The maximum Gasteiger partial charge on any atom is 0.302 e. The minimum absolute atomic E-state index is 0.245. The molecule has 58 valence electrons. The lowest BCUT2D eigenvalue weighted by Gasteiger charge is -1.80. The van der Waals surface area contributed by atoms with Crippen LogP contribution in [0.15, 0.2) is 12.2 Å². The Labute approximate surface area is 61.9 Å². The van der Waals surface area contributed by atoms with Crippen molar-refractivity contribution in [1.82, 2.24) is 0 Å². The van der Waals surface area contributed by atoms with Crippen LogP contribution in [0.25, 0.3) is 0 Å². The number of rotatable bonds is 0. The van der Waals surface area contributed by atoms with Crippen molar-refractivity contribution in [2.24, 2.45) is 0 Å². The summed E-state index contributed by atoms with van der Waals surface area (Å²) in [7, 11) is 1.35. The van der Waals surface area contributed by atoms with Crippen molar-refractivity contribution in [3.05, 3.63) is 12.2 Å². The first-order valence-electron chi connectivity index (χ1n) is 3.47. The Morgan fingerprint density at radius 1 is 1.40 bits per heavy atom. The highest BCUT2D eigenvalue weighted by Gasteiger charge is 1.84. The van der Waals surface area contributed by atoms with Gasteiger partial charge in [-0.05, 0) is 19.3 Å². The van der Waals surface area contributed by atoms with Crippen molar-refractivity contribution in [2.75, 3.05) is 7.11 Å². The molecule has 0 aliphatic heterocycles. The number of allylic oxidation sites excluding steroid dienone is 2. The van der Waals surface area contributed by atoms with Crippen LogP contribution in [0.3, 0.4) is 0 Å². The van der Waals surface area contributed by atoms with E-state index in [1.807, 2.05) is 0 Å². The molecule has 0 N–H and O–H groups in total. The van der Waals surface area contributed by atoms with Crippen molar-refractivity contribution >= 4 is 5.97 Å². The molecule has 2 nitrogen and oxygen atoms in total. The van der Waals surface area contributed by atoms with Gasteiger partial charge in [-0.2, -0.15) is 0 Å². The highest BCUT2D eigenvalue weighted by atomic mass is 16.5. The quantitative estimate of drug-likeness (QED) is 0.381. The Morgan fingerprint density at radius 2 is 1.80 bits per heavy atom. The molecule has 0 aromatic heterocycles. The van der Waals surface area contributed by atoms with E-state index in [2.05, 4.69) is 16.9 Å². The monoisotopic (exact) mass is 142 g/mol. The second kappa shape index (κ2) is 6.33. The molecule has 0 radical (unpaired) electrons. The second-order valence-corrected chi connectivity index (χ2v) is 2.10. The van der Waals surface area contributed by atoms with Gasteiger partial charge in [0.15, 0.2) is 0 Å². The third-order valence-electron chi connectivity index (χ3n) is 1.20. The highest BCUT2D eigenvalue weighted by Crippen LogP contribution is 2.05. The van der Waals surface area contributed by atoms with Crippen LogP contribution in [0.5, 0.6) is 0 Å². The van der Waals surface area contributed by atoms with Gasteiger partial charge >= 0.3 is 5.97 Å². The normalized spacial score (nSPS) is 13.8. The van der Waals surface area contributed by atoms with E-state index in [1.165, 1.54) is 33.3 Å². The fourth-order valence-corrected chi connectivity index (χ4v) is 0.589. The zero-order chi connectivity index (χ0) is 7.82. The Balaban J connectivity index is 0.000000162. The summed E-state index contributed by atoms with van der Waals surface area (Å²) in [6.45, 7) is 1.36. The molecule has 1 aliphatic carbocycles. The first-order chi connectivity index (χ1) is 4.77. The highest BCUT2D eigenvalue weighted by molar-refractivity contribution is 5.65. The van der Waals surface area contributed by atoms with E-state index in [0.717, 1.165) is 0 Å². The number of carbonyl (C=O) groups excluding carboxylic acids is 1. The summed E-state index contributed by atoms with van der Waals surface area (Å²) in [6.07, 6.45) is 8.50. The summed E-state index contributed by atoms with van der Waals surface area (Å²) in [5.74, 6) is -0.245. The second-order valence-electron chi connectivity index (χ2n) is 2.10. The van der Waals surface area contributed by atoms with Gasteiger partial charge in [0, 0.05) is 6.92 Å². The summed E-state index contributed by atoms with van der Waals surface area (Å²) in [5, 5.41) is 0. The van der Waals surface area contributed by atoms with E-state index in [9.17, 15) is 4.79 Å². The first kappa shape index (κ1) is 9.21. The molecule has 2 heteroatoms. The van der Waals surface area contributed by atoms with Crippen molar-refractivity contribution in [3.8, 4) is 0 Å². The van der Waals surface area contributed by atoms with Crippen LogP contribution in [-0.2, 0) is 9.53 Å². The number of carbonyl (C=O) groups is 1. The van der Waals surface area contributed by atoms with Crippen molar-refractivity contribution < 1.29 is 9.53 Å². The van der Waals surface area contributed by atoms with Gasteiger partial charge in [0.2, 0.25) is 0 Å². The summed E-state index contributed by atoms with van der Waals surface area (Å²) in [6, 6.07) is 0. The zero-order valence-corrected chi connectivity index (χ0v) is 6.59. The summed E-state index contributed by atoms with van der Waals surface area (Å²) in [4.78, 5) is 9.59. The van der Waals surface area contributed by atoms with E-state index in [4.69, 9.17) is 0 Å². The number of hydrogen-bond donors (Lipinski definition) is 0. The summed E-state index contributed by atoms with van der Waals surface area (Å²) >= 11 is 0. The molecule has 0 saturated heterocycles. The van der Waals surface area contributed by atoms with Crippen LogP contribution < -0.4 is 0 Å². The van der Waals surface area contributed by atoms with Crippen LogP contribution in [0.1, 0.15) is 26.2 Å². The Morgan fingerprint density at radius 3 is 1.90 bits per heavy atom. The van der Waals surface area contributed by atoms with Gasteiger partial charge in [-0.3, -0.25) is 4.79 Å². The number of methoxy groups -OCH3 is 1. The van der Waals surface area contributed by atoms with Gasteiger partial charge in [0.25, 0.3) is 0 Å². The molecular formula is C8H14O2. The predicted octanol–water partition coefficient (Wildman–Crippen LogP) is 1.91. The van der Waals surface area contributed by atoms with E-state index < -0.39 is 0 Å². The zero-order valence-electron chi connectivity index (χ0n) is 6.59. The van der Waals surface area contributed by atoms with Crippen molar-refractivity contribution in [2.45, 2.75) is 26.2 Å². The molecule has 0 saturated carbocycles. The Bertz CT molecular complexity index is 110. The predicted molar refractivity (Wildman–Crippen MR) is 40.7 cm³/mol. The van der Waals surface area contributed by atoms with Crippen LogP contribution in [0, 0.1) is 0 Å². The van der Waals surface area contributed by atoms with Crippen molar-refractivity contribution in [3.63, 3.8) is 0 Å². The maximum atomic E-state index is 9.59. The molecule has 0 amide bonds. The van der Waals surface area contributed by atoms with E-state index in [0.29, 0.717) is 0 Å². The van der Waals surface area contributed by atoms with Gasteiger partial charge in [0.1, 0.15) is 0 Å². The smallest absolute Gasteiger partial charge is 0.302 e. The molecule has 0 aromatic carbocycles. The van der Waals surface area contributed by atoms with Gasteiger partial charge in [-0.15, -0.1) is 0 Å². The third kappa shape index (κ3) is 7.21. The minimum atomic E-state index is -0.245. The van der Waals surface area contributed by atoms with Gasteiger partial charge in [-0.1, -0.05) is 12.2 Å². The fraction of sp³-hybridized carbons (Fsp3) is 0.625. The van der Waals surface area contributed by atoms with Crippen molar-refractivity contribution in [1.29, 1.82) is 0 Å². The lowest BCUT2D eigenvalue weighted by Crippen LogP contribution is -1.88. The summed E-state index contributed by atoms with van der Waals surface area (Å²) in [5.41, 5.74) is 0. The van der Waals surface area contributed by atoms with E-state index in [-0.39, 0.29) is 5.97 Å². The average Bonchev–Trinajstić information content (AvgIpc) is 2.43. The molecule has 0 atom stereocenters. The third-order valence-corrected chi connectivity index (χ3v) is 1.20. The van der Waals surface area contributed by atoms with Gasteiger partial charge in [0.05, 0.1) is 7.11 Å². The number of esters is 1. The van der Waals surface area contributed by atoms with Crippen LogP contribution in [0.4, 0.5) is 0 Å². The fourth-order valence-electron chi connectivity index (χ4n) is 0.589. The molecule has 0 unspecified atom stereocenters. The minimum Gasteiger partial charge on any atom is -0.469 e. The van der Waals surface area contributed by atoms with E-state index >= 15 is 0 Å². The molecule has 0 spiro atoms. The molecule has 0 bridgehead atoms. The Kier molecular flexibility index (Phi) is 5.83. The van der Waals surface area contributed by atoms with Crippen LogP contribution in [-0.4, -0.2) is 13.1 Å². The van der Waals surface area contributed by atoms with E-state index in [1.54, 1.807) is 0 Å². The summed E-state index contributed by atoms with van der Waals surface area (Å²) < 4.78 is 4.11. The largest absolute Gasteiger partial charge is 0.469 e. The van der Waals surface area contributed by atoms with Gasteiger partial charge < -0.3 is 4.74 Å².